The molecule has 0 spiro atoms. The first kappa shape index (κ1) is 17.1. The fourth-order valence-corrected chi connectivity index (χ4v) is 3.78. The van der Waals surface area contributed by atoms with E-state index in [2.05, 4.69) is 33.7 Å². The van der Waals surface area contributed by atoms with Gasteiger partial charge < -0.3 is 4.57 Å². The number of pyridine rings is 1. The van der Waals surface area contributed by atoms with E-state index in [0.717, 1.165) is 38.1 Å². The molecular formula is C24H18N4O. The number of carbonyl (C=O) groups excluding carboxylic acids is 1. The Morgan fingerprint density at radius 2 is 1.66 bits per heavy atom. The van der Waals surface area contributed by atoms with Crippen LogP contribution in [0.2, 0.25) is 0 Å². The van der Waals surface area contributed by atoms with Crippen molar-refractivity contribution in [2.75, 3.05) is 0 Å². The number of hydrogen-bond acceptors (Lipinski definition) is 3. The van der Waals surface area contributed by atoms with Crippen LogP contribution in [0.5, 0.6) is 0 Å². The Hall–Kier alpha value is -3.99. The normalized spacial score (nSPS) is 11.6. The molecule has 5 heteroatoms. The summed E-state index contributed by atoms with van der Waals surface area (Å²) in [7, 11) is 0. The average molecular weight is 378 g/mol. The Morgan fingerprint density at radius 3 is 2.59 bits per heavy atom. The van der Waals surface area contributed by atoms with Crippen LogP contribution >= 0.6 is 0 Å². The van der Waals surface area contributed by atoms with E-state index < -0.39 is 0 Å². The van der Waals surface area contributed by atoms with Crippen LogP contribution in [0, 0.1) is 0 Å². The van der Waals surface area contributed by atoms with Crippen LogP contribution in [0.4, 0.5) is 0 Å². The summed E-state index contributed by atoms with van der Waals surface area (Å²) in [5.74, 6) is -0.187. The van der Waals surface area contributed by atoms with Crippen molar-refractivity contribution in [1.82, 2.24) is 15.0 Å². The third-order valence-corrected chi connectivity index (χ3v) is 5.09. The molecule has 140 valence electrons. The molecule has 2 heterocycles. The number of fused-ring (bicyclic) bond motifs is 4. The Labute approximate surface area is 167 Å². The number of rotatable bonds is 4. The number of aromatic nitrogens is 2. The van der Waals surface area contributed by atoms with Crippen molar-refractivity contribution in [2.45, 2.75) is 6.54 Å². The van der Waals surface area contributed by atoms with Crippen molar-refractivity contribution in [3.8, 4) is 0 Å². The van der Waals surface area contributed by atoms with Gasteiger partial charge in [0.05, 0.1) is 17.9 Å². The van der Waals surface area contributed by atoms with E-state index in [4.69, 9.17) is 0 Å². The number of carbonyl (C=O) groups is 1. The van der Waals surface area contributed by atoms with Gasteiger partial charge in [-0.25, -0.2) is 5.43 Å². The molecule has 0 aliphatic rings. The van der Waals surface area contributed by atoms with Crippen molar-refractivity contribution in [3.05, 3.63) is 90.8 Å². The van der Waals surface area contributed by atoms with Crippen LogP contribution in [0.25, 0.3) is 32.6 Å². The topological polar surface area (TPSA) is 59.3 Å². The minimum absolute atomic E-state index is 0.169. The summed E-state index contributed by atoms with van der Waals surface area (Å²) < 4.78 is 1.97. The van der Waals surface area contributed by atoms with Gasteiger partial charge in [0.1, 0.15) is 6.54 Å². The van der Waals surface area contributed by atoms with Gasteiger partial charge in [-0.1, -0.05) is 60.7 Å². The van der Waals surface area contributed by atoms with E-state index in [1.165, 1.54) is 0 Å². The highest BCUT2D eigenvalue weighted by molar-refractivity contribution is 6.08. The lowest BCUT2D eigenvalue weighted by molar-refractivity contribution is -0.121. The summed E-state index contributed by atoms with van der Waals surface area (Å²) in [6.07, 6.45) is 5.25. The van der Waals surface area contributed by atoms with Gasteiger partial charge in [-0.05, 0) is 22.9 Å². The maximum atomic E-state index is 12.6. The highest BCUT2D eigenvalue weighted by atomic mass is 16.2. The van der Waals surface area contributed by atoms with Crippen LogP contribution in [-0.4, -0.2) is 21.7 Å². The molecule has 0 saturated carbocycles. The van der Waals surface area contributed by atoms with E-state index >= 15 is 0 Å². The number of hydrazone groups is 1. The van der Waals surface area contributed by atoms with Gasteiger partial charge in [0.15, 0.2) is 0 Å². The second-order valence-corrected chi connectivity index (χ2v) is 6.86. The minimum atomic E-state index is -0.187. The quantitative estimate of drug-likeness (QED) is 0.370. The Bertz CT molecular complexity index is 1330. The summed E-state index contributed by atoms with van der Waals surface area (Å²) in [5, 5.41) is 8.61. The standard InChI is InChI=1S/C24H18N4O/c29-24(27-26-14-18-8-5-7-17-6-1-2-9-19(17)18)16-28-22-11-4-3-10-20(22)21-12-13-25-15-23(21)28/h1-15H,16H2,(H,27,29)/b26-14+. The molecule has 29 heavy (non-hydrogen) atoms. The van der Waals surface area contributed by atoms with Crippen LogP contribution in [0.3, 0.4) is 0 Å². The molecule has 5 rings (SSSR count). The first-order valence-corrected chi connectivity index (χ1v) is 9.42. The molecule has 0 saturated heterocycles. The minimum Gasteiger partial charge on any atom is -0.330 e. The Morgan fingerprint density at radius 1 is 0.897 bits per heavy atom. The van der Waals surface area contributed by atoms with Crippen LogP contribution in [-0.2, 0) is 11.3 Å². The predicted octanol–water partition coefficient (Wildman–Crippen LogP) is 4.49. The van der Waals surface area contributed by atoms with Gasteiger partial charge in [0.25, 0.3) is 5.91 Å². The second kappa shape index (κ2) is 7.20. The average Bonchev–Trinajstić information content (AvgIpc) is 3.08. The summed E-state index contributed by atoms with van der Waals surface area (Å²) in [5.41, 5.74) is 5.55. The van der Waals surface area contributed by atoms with Crippen molar-refractivity contribution in [3.63, 3.8) is 0 Å². The smallest absolute Gasteiger partial charge is 0.260 e. The molecule has 0 unspecified atom stereocenters. The summed E-state index contributed by atoms with van der Waals surface area (Å²) in [4.78, 5) is 16.8. The molecule has 0 atom stereocenters. The molecule has 3 aromatic carbocycles. The third-order valence-electron chi connectivity index (χ3n) is 5.09. The van der Waals surface area contributed by atoms with Crippen LogP contribution < -0.4 is 5.43 Å². The molecule has 2 aromatic heterocycles. The largest absolute Gasteiger partial charge is 0.330 e. The molecule has 0 aliphatic heterocycles. The van der Waals surface area contributed by atoms with Crippen molar-refractivity contribution >= 4 is 44.7 Å². The zero-order chi connectivity index (χ0) is 19.6. The molecule has 5 nitrogen and oxygen atoms in total. The lowest BCUT2D eigenvalue weighted by Crippen LogP contribution is -2.23. The molecular weight excluding hydrogens is 360 g/mol. The summed E-state index contributed by atoms with van der Waals surface area (Å²) >= 11 is 0. The third kappa shape index (κ3) is 3.12. The van der Waals surface area contributed by atoms with Gasteiger partial charge in [-0.2, -0.15) is 5.10 Å². The van der Waals surface area contributed by atoms with Crippen molar-refractivity contribution in [2.24, 2.45) is 5.10 Å². The Balaban J connectivity index is 1.40. The predicted molar refractivity (Wildman–Crippen MR) is 117 cm³/mol. The van der Waals surface area contributed by atoms with E-state index in [-0.39, 0.29) is 12.5 Å². The molecule has 5 aromatic rings. The van der Waals surface area contributed by atoms with Gasteiger partial charge >= 0.3 is 0 Å². The van der Waals surface area contributed by atoms with E-state index in [1.807, 2.05) is 59.2 Å². The molecule has 0 aliphatic carbocycles. The first-order chi connectivity index (χ1) is 14.3. The number of amides is 1. The fraction of sp³-hybridized carbons (Fsp3) is 0.0417. The lowest BCUT2D eigenvalue weighted by atomic mass is 10.1. The van der Waals surface area contributed by atoms with E-state index in [0.29, 0.717) is 0 Å². The van der Waals surface area contributed by atoms with Crippen LogP contribution in [0.15, 0.2) is 90.3 Å². The Kier molecular flexibility index (Phi) is 4.26. The molecule has 0 fully saturated rings. The van der Waals surface area contributed by atoms with Crippen LogP contribution in [0.1, 0.15) is 5.56 Å². The van der Waals surface area contributed by atoms with E-state index in [1.54, 1.807) is 18.6 Å². The molecule has 0 bridgehead atoms. The zero-order valence-electron chi connectivity index (χ0n) is 15.6. The first-order valence-electron chi connectivity index (χ1n) is 9.42. The highest BCUT2D eigenvalue weighted by Gasteiger charge is 2.12. The maximum absolute atomic E-state index is 12.6. The lowest BCUT2D eigenvalue weighted by Gasteiger charge is -2.06. The number of para-hydroxylation sites is 1. The summed E-state index contributed by atoms with van der Waals surface area (Å²) in [6, 6.07) is 24.2. The van der Waals surface area contributed by atoms with Gasteiger partial charge in [0.2, 0.25) is 0 Å². The maximum Gasteiger partial charge on any atom is 0.260 e. The highest BCUT2D eigenvalue weighted by Crippen LogP contribution is 2.27. The SMILES string of the molecule is O=C(Cn1c2ccccc2c2ccncc21)N/N=C/c1cccc2ccccc12. The number of benzene rings is 3. The molecule has 1 N–H and O–H groups in total. The van der Waals surface area contributed by atoms with Crippen molar-refractivity contribution in [1.29, 1.82) is 0 Å². The monoisotopic (exact) mass is 378 g/mol. The second-order valence-electron chi connectivity index (χ2n) is 6.86. The van der Waals surface area contributed by atoms with Gasteiger partial charge in [0, 0.05) is 28.0 Å². The van der Waals surface area contributed by atoms with E-state index in [9.17, 15) is 4.79 Å². The zero-order valence-corrected chi connectivity index (χ0v) is 15.6. The van der Waals surface area contributed by atoms with Gasteiger partial charge in [-0.3, -0.25) is 9.78 Å². The number of hydrogen-bond donors (Lipinski definition) is 1. The molecule has 1 amide bonds. The fourth-order valence-electron chi connectivity index (χ4n) is 3.78. The van der Waals surface area contributed by atoms with Gasteiger partial charge in [-0.15, -0.1) is 0 Å². The van der Waals surface area contributed by atoms with Crippen molar-refractivity contribution < 1.29 is 4.79 Å². The summed E-state index contributed by atoms with van der Waals surface area (Å²) in [6.45, 7) is 0.169. The molecule has 0 radical (unpaired) electrons. The number of nitrogens with one attached hydrogen (secondary N) is 1. The number of nitrogens with zero attached hydrogens (tertiary/aromatic N) is 3.